The Morgan fingerprint density at radius 1 is 0.903 bits per heavy atom. The molecule has 0 spiro atoms. The molecular formula is C28H50O3. The fraction of sp³-hybridized carbons (Fsp3) is 1.00. The molecule has 4 rings (SSSR count). The van der Waals surface area contributed by atoms with Gasteiger partial charge in [0.2, 0.25) is 0 Å². The van der Waals surface area contributed by atoms with Gasteiger partial charge < -0.3 is 15.3 Å². The maximum atomic E-state index is 11.6. The molecule has 0 aliphatic heterocycles. The molecule has 4 saturated carbocycles. The van der Waals surface area contributed by atoms with Gasteiger partial charge in [-0.1, -0.05) is 46.5 Å². The predicted octanol–water partition coefficient (Wildman–Crippen LogP) is 6.09. The Bertz CT molecular complexity index is 642. The summed E-state index contributed by atoms with van der Waals surface area (Å²) in [5, 5.41) is 33.6. The van der Waals surface area contributed by atoms with Crippen LogP contribution in [-0.4, -0.2) is 32.6 Å². The van der Waals surface area contributed by atoms with Gasteiger partial charge in [0.1, 0.15) is 0 Å². The Labute approximate surface area is 191 Å². The van der Waals surface area contributed by atoms with E-state index < -0.39 is 11.2 Å². The van der Waals surface area contributed by atoms with Crippen molar-refractivity contribution in [2.24, 2.45) is 40.4 Å². The van der Waals surface area contributed by atoms with Gasteiger partial charge >= 0.3 is 0 Å². The lowest BCUT2D eigenvalue weighted by atomic mass is 9.41. The molecule has 0 aromatic heterocycles. The molecule has 31 heavy (non-hydrogen) atoms. The van der Waals surface area contributed by atoms with Gasteiger partial charge in [0, 0.05) is 0 Å². The summed E-state index contributed by atoms with van der Waals surface area (Å²) in [4.78, 5) is 0. The van der Waals surface area contributed by atoms with E-state index in [4.69, 9.17) is 0 Å². The lowest BCUT2D eigenvalue weighted by molar-refractivity contribution is -0.213. The van der Waals surface area contributed by atoms with E-state index in [1.54, 1.807) is 0 Å². The summed E-state index contributed by atoms with van der Waals surface area (Å²) in [6.07, 6.45) is 14.0. The van der Waals surface area contributed by atoms with Crippen LogP contribution in [0.1, 0.15) is 118 Å². The molecular weight excluding hydrogens is 384 g/mol. The highest BCUT2D eigenvalue weighted by Crippen LogP contribution is 2.70. The molecule has 10 unspecified atom stereocenters. The van der Waals surface area contributed by atoms with Crippen molar-refractivity contribution in [3.8, 4) is 0 Å². The summed E-state index contributed by atoms with van der Waals surface area (Å²) in [7, 11) is 0. The first-order chi connectivity index (χ1) is 14.5. The lowest BCUT2D eigenvalue weighted by Crippen LogP contribution is -2.62. The molecule has 180 valence electrons. The van der Waals surface area contributed by atoms with Gasteiger partial charge in [-0.2, -0.15) is 0 Å². The third kappa shape index (κ3) is 3.93. The maximum absolute atomic E-state index is 11.6. The third-order valence-corrected chi connectivity index (χ3v) is 11.3. The summed E-state index contributed by atoms with van der Waals surface area (Å²) < 4.78 is 0. The van der Waals surface area contributed by atoms with Crippen molar-refractivity contribution in [2.45, 2.75) is 135 Å². The average Bonchev–Trinajstić information content (AvgIpc) is 3.05. The predicted molar refractivity (Wildman–Crippen MR) is 127 cm³/mol. The fourth-order valence-corrected chi connectivity index (χ4v) is 9.83. The van der Waals surface area contributed by atoms with Crippen LogP contribution in [0.2, 0.25) is 0 Å². The molecule has 10 atom stereocenters. The van der Waals surface area contributed by atoms with E-state index >= 15 is 0 Å². The molecule has 0 aromatic rings. The highest BCUT2D eigenvalue weighted by Gasteiger charge is 2.65. The normalized spacial score (nSPS) is 51.5. The molecule has 4 fully saturated rings. The molecule has 0 bridgehead atoms. The lowest BCUT2D eigenvalue weighted by Gasteiger charge is -2.65. The number of rotatable bonds is 6. The van der Waals surface area contributed by atoms with Crippen molar-refractivity contribution in [3.63, 3.8) is 0 Å². The maximum Gasteiger partial charge on any atom is 0.0656 e. The van der Waals surface area contributed by atoms with Crippen LogP contribution in [0.15, 0.2) is 0 Å². The molecule has 0 aromatic carbocycles. The van der Waals surface area contributed by atoms with E-state index in [1.807, 2.05) is 0 Å². The van der Waals surface area contributed by atoms with E-state index in [9.17, 15) is 15.3 Å². The van der Waals surface area contributed by atoms with Crippen LogP contribution in [0, 0.1) is 40.4 Å². The molecule has 0 radical (unpaired) electrons. The second kappa shape index (κ2) is 8.27. The second-order valence-corrected chi connectivity index (χ2v) is 13.3. The largest absolute Gasteiger partial charge is 0.393 e. The monoisotopic (exact) mass is 434 g/mol. The minimum absolute atomic E-state index is 0.147. The SMILES string of the molecule is CCCCCCC(C)(O)C1CCC2C3CC(C)(O)C4CC(O)CCC4(C)C3CCC21C. The quantitative estimate of drug-likeness (QED) is 0.443. The molecule has 3 nitrogen and oxygen atoms in total. The number of unbranched alkanes of at least 4 members (excludes halogenated alkanes) is 3. The van der Waals surface area contributed by atoms with Crippen molar-refractivity contribution in [2.75, 3.05) is 0 Å². The van der Waals surface area contributed by atoms with E-state index in [-0.39, 0.29) is 22.9 Å². The van der Waals surface area contributed by atoms with Gasteiger partial charge in [-0.25, -0.2) is 0 Å². The molecule has 0 amide bonds. The third-order valence-electron chi connectivity index (χ3n) is 11.3. The van der Waals surface area contributed by atoms with Crippen LogP contribution in [-0.2, 0) is 0 Å². The molecule has 0 saturated heterocycles. The molecule has 3 heteroatoms. The van der Waals surface area contributed by atoms with E-state index in [0.717, 1.165) is 44.9 Å². The van der Waals surface area contributed by atoms with Crippen LogP contribution in [0.4, 0.5) is 0 Å². The summed E-state index contributed by atoms with van der Waals surface area (Å²) in [5.74, 6) is 2.45. The highest BCUT2D eigenvalue weighted by atomic mass is 16.3. The van der Waals surface area contributed by atoms with Gasteiger partial charge in [-0.3, -0.25) is 0 Å². The smallest absolute Gasteiger partial charge is 0.0656 e. The van der Waals surface area contributed by atoms with Crippen molar-refractivity contribution in [1.29, 1.82) is 0 Å². The highest BCUT2D eigenvalue weighted by molar-refractivity contribution is 5.15. The van der Waals surface area contributed by atoms with Gasteiger partial charge in [0.15, 0.2) is 0 Å². The Balaban J connectivity index is 1.55. The zero-order valence-corrected chi connectivity index (χ0v) is 21.0. The van der Waals surface area contributed by atoms with Crippen LogP contribution >= 0.6 is 0 Å². The van der Waals surface area contributed by atoms with Crippen LogP contribution in [0.3, 0.4) is 0 Å². The average molecular weight is 435 g/mol. The summed E-state index contributed by atoms with van der Waals surface area (Å²) in [6, 6.07) is 0. The topological polar surface area (TPSA) is 60.7 Å². The van der Waals surface area contributed by atoms with Crippen molar-refractivity contribution in [3.05, 3.63) is 0 Å². The molecule has 0 heterocycles. The Hall–Kier alpha value is -0.120. The van der Waals surface area contributed by atoms with Crippen LogP contribution in [0.5, 0.6) is 0 Å². The Kier molecular flexibility index (Phi) is 6.41. The zero-order chi connectivity index (χ0) is 22.7. The first-order valence-electron chi connectivity index (χ1n) is 13.6. The number of hydrogen-bond donors (Lipinski definition) is 3. The molecule has 3 N–H and O–H groups in total. The first-order valence-corrected chi connectivity index (χ1v) is 13.6. The second-order valence-electron chi connectivity index (χ2n) is 13.3. The number of fused-ring (bicyclic) bond motifs is 5. The van der Waals surface area contributed by atoms with Crippen LogP contribution < -0.4 is 0 Å². The Morgan fingerprint density at radius 2 is 1.58 bits per heavy atom. The number of hydrogen-bond acceptors (Lipinski definition) is 3. The molecule has 4 aliphatic rings. The van der Waals surface area contributed by atoms with Gasteiger partial charge in [0.25, 0.3) is 0 Å². The Morgan fingerprint density at radius 3 is 2.29 bits per heavy atom. The van der Waals surface area contributed by atoms with Gasteiger partial charge in [0.05, 0.1) is 17.3 Å². The molecule has 4 aliphatic carbocycles. The van der Waals surface area contributed by atoms with Crippen LogP contribution in [0.25, 0.3) is 0 Å². The zero-order valence-electron chi connectivity index (χ0n) is 21.0. The van der Waals surface area contributed by atoms with Gasteiger partial charge in [-0.05, 0) is 112 Å². The minimum Gasteiger partial charge on any atom is -0.393 e. The first kappa shape index (κ1) is 24.0. The van der Waals surface area contributed by atoms with Crippen molar-refractivity contribution >= 4 is 0 Å². The van der Waals surface area contributed by atoms with E-state index in [2.05, 4.69) is 34.6 Å². The number of aliphatic hydroxyl groups excluding tert-OH is 1. The van der Waals surface area contributed by atoms with Crippen molar-refractivity contribution in [1.82, 2.24) is 0 Å². The fourth-order valence-electron chi connectivity index (χ4n) is 9.83. The van der Waals surface area contributed by atoms with E-state index in [1.165, 1.54) is 38.5 Å². The summed E-state index contributed by atoms with van der Waals surface area (Å²) in [5.41, 5.74) is -0.907. The summed E-state index contributed by atoms with van der Waals surface area (Å²) in [6.45, 7) is 11.4. The standard InChI is InChI=1S/C28H50O3/c1-6-7-8-9-14-27(4,30)23-11-10-21-20-18-28(5,31)24-17-19(29)12-15-26(24,3)22(20)13-16-25(21,23)2/h19-24,29-31H,6-18H2,1-5H3. The van der Waals surface area contributed by atoms with Gasteiger partial charge in [-0.15, -0.1) is 0 Å². The summed E-state index contributed by atoms with van der Waals surface area (Å²) >= 11 is 0. The minimum atomic E-state index is -0.684. The number of aliphatic hydroxyl groups is 3. The van der Waals surface area contributed by atoms with Crippen molar-refractivity contribution < 1.29 is 15.3 Å². The van der Waals surface area contributed by atoms with E-state index in [0.29, 0.717) is 23.7 Å².